The molecule has 1 unspecified atom stereocenters. The third kappa shape index (κ3) is 5.21. The van der Waals surface area contributed by atoms with E-state index < -0.39 is 10.0 Å². The molecule has 22 heavy (non-hydrogen) atoms. The SMILES string of the molecule is COC(CNS(=O)(=O)CCc1ccccc1)c1ccc(C)s1. The number of methoxy groups -OCH3 is 1. The smallest absolute Gasteiger partial charge is 0.212 e. The van der Waals surface area contributed by atoms with E-state index in [1.807, 2.05) is 49.4 Å². The summed E-state index contributed by atoms with van der Waals surface area (Å²) in [6.07, 6.45) is 0.261. The normalized spacial score (nSPS) is 13.2. The fraction of sp³-hybridized carbons (Fsp3) is 0.375. The maximum atomic E-state index is 12.1. The number of ether oxygens (including phenoxy) is 1. The van der Waals surface area contributed by atoms with Crippen molar-refractivity contribution in [2.45, 2.75) is 19.4 Å². The first-order chi connectivity index (χ1) is 10.5. The fourth-order valence-electron chi connectivity index (χ4n) is 2.10. The summed E-state index contributed by atoms with van der Waals surface area (Å²) in [5.41, 5.74) is 1.02. The van der Waals surface area contributed by atoms with Crippen LogP contribution in [-0.4, -0.2) is 27.8 Å². The molecule has 0 saturated heterocycles. The number of nitrogens with one attached hydrogen (secondary N) is 1. The zero-order valence-electron chi connectivity index (χ0n) is 12.8. The van der Waals surface area contributed by atoms with Gasteiger partial charge in [0.2, 0.25) is 10.0 Å². The molecule has 2 aromatic rings. The Kier molecular flexibility index (Phi) is 6.14. The van der Waals surface area contributed by atoms with E-state index in [9.17, 15) is 8.42 Å². The quantitative estimate of drug-likeness (QED) is 0.804. The van der Waals surface area contributed by atoms with E-state index in [0.29, 0.717) is 6.42 Å². The second-order valence-electron chi connectivity index (χ2n) is 5.08. The van der Waals surface area contributed by atoms with Gasteiger partial charge in [0.05, 0.1) is 5.75 Å². The van der Waals surface area contributed by atoms with E-state index in [-0.39, 0.29) is 18.4 Å². The Morgan fingerprint density at radius 1 is 1.18 bits per heavy atom. The predicted molar refractivity (Wildman–Crippen MR) is 90.7 cm³/mol. The van der Waals surface area contributed by atoms with Gasteiger partial charge in [-0.05, 0) is 31.0 Å². The lowest BCUT2D eigenvalue weighted by molar-refractivity contribution is 0.110. The van der Waals surface area contributed by atoms with Crippen LogP contribution < -0.4 is 4.72 Å². The van der Waals surface area contributed by atoms with E-state index in [0.717, 1.165) is 10.4 Å². The van der Waals surface area contributed by atoms with Crippen molar-refractivity contribution in [3.05, 3.63) is 57.8 Å². The second-order valence-corrected chi connectivity index (χ2v) is 8.32. The molecule has 0 bridgehead atoms. The number of benzene rings is 1. The minimum atomic E-state index is -3.31. The number of hydrogen-bond acceptors (Lipinski definition) is 4. The molecule has 0 radical (unpaired) electrons. The zero-order chi connectivity index (χ0) is 16.0. The lowest BCUT2D eigenvalue weighted by Crippen LogP contribution is -2.31. The molecular formula is C16H21NO3S2. The van der Waals surface area contributed by atoms with Gasteiger partial charge < -0.3 is 4.74 Å². The summed E-state index contributed by atoms with van der Waals surface area (Å²) < 4.78 is 32.2. The van der Waals surface area contributed by atoms with Gasteiger partial charge in [0, 0.05) is 23.4 Å². The highest BCUT2D eigenvalue weighted by Crippen LogP contribution is 2.24. The van der Waals surface area contributed by atoms with Gasteiger partial charge in [-0.1, -0.05) is 30.3 Å². The maximum absolute atomic E-state index is 12.1. The van der Waals surface area contributed by atoms with Crippen LogP contribution >= 0.6 is 11.3 Å². The first-order valence-corrected chi connectivity index (χ1v) is 9.57. The molecule has 1 heterocycles. The second kappa shape index (κ2) is 7.87. The molecule has 4 nitrogen and oxygen atoms in total. The van der Waals surface area contributed by atoms with Crippen LogP contribution in [0.5, 0.6) is 0 Å². The van der Waals surface area contributed by atoms with Crippen LogP contribution in [0.15, 0.2) is 42.5 Å². The molecule has 0 aliphatic rings. The van der Waals surface area contributed by atoms with Gasteiger partial charge >= 0.3 is 0 Å². The van der Waals surface area contributed by atoms with E-state index in [2.05, 4.69) is 4.72 Å². The summed E-state index contributed by atoms with van der Waals surface area (Å²) in [6, 6.07) is 13.6. The molecular weight excluding hydrogens is 318 g/mol. The van der Waals surface area contributed by atoms with Crippen molar-refractivity contribution in [2.24, 2.45) is 0 Å². The minimum absolute atomic E-state index is 0.0803. The van der Waals surface area contributed by atoms with Crippen molar-refractivity contribution in [1.29, 1.82) is 0 Å². The van der Waals surface area contributed by atoms with Crippen LogP contribution in [0, 0.1) is 6.92 Å². The summed E-state index contributed by atoms with van der Waals surface area (Å²) in [4.78, 5) is 2.22. The van der Waals surface area contributed by atoms with E-state index in [1.54, 1.807) is 18.4 Å². The summed E-state index contributed by atoms with van der Waals surface area (Å²) in [7, 11) is -1.72. The molecule has 1 aromatic heterocycles. The molecule has 0 aliphatic heterocycles. The monoisotopic (exact) mass is 339 g/mol. The van der Waals surface area contributed by atoms with Gasteiger partial charge in [0.25, 0.3) is 0 Å². The lowest BCUT2D eigenvalue weighted by Gasteiger charge is -2.15. The zero-order valence-corrected chi connectivity index (χ0v) is 14.4. The van der Waals surface area contributed by atoms with Gasteiger partial charge in [0.1, 0.15) is 6.10 Å². The maximum Gasteiger partial charge on any atom is 0.212 e. The van der Waals surface area contributed by atoms with Crippen LogP contribution in [0.1, 0.15) is 21.4 Å². The molecule has 0 aliphatic carbocycles. The molecule has 2 rings (SSSR count). The Bertz CT molecular complexity index is 680. The average Bonchev–Trinajstić information content (AvgIpc) is 2.93. The number of thiophene rings is 1. The molecule has 0 amide bonds. The van der Waals surface area contributed by atoms with Crippen molar-refractivity contribution >= 4 is 21.4 Å². The Hall–Kier alpha value is -1.21. The van der Waals surface area contributed by atoms with Crippen molar-refractivity contribution in [1.82, 2.24) is 4.72 Å². The third-order valence-electron chi connectivity index (χ3n) is 3.35. The van der Waals surface area contributed by atoms with Crippen LogP contribution in [0.4, 0.5) is 0 Å². The first kappa shape index (κ1) is 17.1. The summed E-state index contributed by atoms with van der Waals surface area (Å²) in [5.74, 6) is 0.0803. The van der Waals surface area contributed by atoms with E-state index in [1.165, 1.54) is 4.88 Å². The van der Waals surface area contributed by atoms with Gasteiger partial charge in [-0.3, -0.25) is 0 Å². The third-order valence-corrected chi connectivity index (χ3v) is 5.79. The molecule has 0 spiro atoms. The molecule has 0 fully saturated rings. The van der Waals surface area contributed by atoms with Crippen molar-refractivity contribution in [2.75, 3.05) is 19.4 Å². The van der Waals surface area contributed by atoms with Crippen molar-refractivity contribution in [3.8, 4) is 0 Å². The molecule has 1 atom stereocenters. The Balaban J connectivity index is 1.88. The van der Waals surface area contributed by atoms with Gasteiger partial charge in [-0.25, -0.2) is 13.1 Å². The average molecular weight is 339 g/mol. The Morgan fingerprint density at radius 2 is 1.91 bits per heavy atom. The summed E-state index contributed by atoms with van der Waals surface area (Å²) in [5, 5.41) is 0. The highest BCUT2D eigenvalue weighted by molar-refractivity contribution is 7.89. The molecule has 0 saturated carbocycles. The predicted octanol–water partition coefficient (Wildman–Crippen LogP) is 2.91. The van der Waals surface area contributed by atoms with Crippen molar-refractivity contribution < 1.29 is 13.2 Å². The van der Waals surface area contributed by atoms with Gasteiger partial charge in [-0.2, -0.15) is 0 Å². The Labute approximate surface area is 136 Å². The number of hydrogen-bond donors (Lipinski definition) is 1. The van der Waals surface area contributed by atoms with Crippen molar-refractivity contribution in [3.63, 3.8) is 0 Å². The summed E-state index contributed by atoms with van der Waals surface area (Å²) in [6.45, 7) is 2.28. The molecule has 120 valence electrons. The fourth-order valence-corrected chi connectivity index (χ4v) is 4.11. The van der Waals surface area contributed by atoms with Crippen LogP contribution in [0.3, 0.4) is 0 Å². The van der Waals surface area contributed by atoms with Gasteiger partial charge in [0.15, 0.2) is 0 Å². The lowest BCUT2D eigenvalue weighted by atomic mass is 10.2. The molecule has 6 heteroatoms. The number of aryl methyl sites for hydroxylation is 2. The van der Waals surface area contributed by atoms with Crippen LogP contribution in [0.25, 0.3) is 0 Å². The topological polar surface area (TPSA) is 55.4 Å². The molecule has 1 aromatic carbocycles. The van der Waals surface area contributed by atoms with E-state index >= 15 is 0 Å². The molecule has 1 N–H and O–H groups in total. The standard InChI is InChI=1S/C16H21NO3S2/c1-13-8-9-16(21-13)15(20-2)12-17-22(18,19)11-10-14-6-4-3-5-7-14/h3-9,15,17H,10-12H2,1-2H3. The Morgan fingerprint density at radius 3 is 2.50 bits per heavy atom. The van der Waals surface area contributed by atoms with Gasteiger partial charge in [-0.15, -0.1) is 11.3 Å². The number of rotatable bonds is 8. The minimum Gasteiger partial charge on any atom is -0.375 e. The largest absolute Gasteiger partial charge is 0.375 e. The van der Waals surface area contributed by atoms with E-state index in [4.69, 9.17) is 4.74 Å². The number of sulfonamides is 1. The summed E-state index contributed by atoms with van der Waals surface area (Å²) >= 11 is 1.62. The van der Waals surface area contributed by atoms with Crippen LogP contribution in [-0.2, 0) is 21.2 Å². The first-order valence-electron chi connectivity index (χ1n) is 7.10. The van der Waals surface area contributed by atoms with Crippen LogP contribution in [0.2, 0.25) is 0 Å². The highest BCUT2D eigenvalue weighted by Gasteiger charge is 2.17. The highest BCUT2D eigenvalue weighted by atomic mass is 32.2.